The Kier molecular flexibility index (Phi) is 9.90. The van der Waals surface area contributed by atoms with Crippen LogP contribution < -0.4 is 9.62 Å². The second-order valence-electron chi connectivity index (χ2n) is 9.22. The number of carboxylic acid groups (broad SMARTS) is 2. The van der Waals surface area contributed by atoms with E-state index in [1.54, 1.807) is 24.3 Å². The van der Waals surface area contributed by atoms with E-state index in [1.807, 2.05) is 4.90 Å². The highest BCUT2D eigenvalue weighted by Gasteiger charge is 2.38. The predicted molar refractivity (Wildman–Crippen MR) is 131 cm³/mol. The SMILES string of the molecule is CC(C)Cc1ccc(S(=O)(=O)Nc2cnc(N3CCC(C)CC3)c(C(=O)O)c2)cc1.O=C(O)C(F)(F)F. The zero-order chi connectivity index (χ0) is 28.0. The summed E-state index contributed by atoms with van der Waals surface area (Å²) in [7, 11) is -3.84. The normalized spacial score (nSPS) is 14.6. The smallest absolute Gasteiger partial charge is 0.478 e. The molecule has 0 atom stereocenters. The summed E-state index contributed by atoms with van der Waals surface area (Å²) in [6.07, 6.45) is -0.884. The number of piperidine rings is 1. The average molecular weight is 546 g/mol. The summed E-state index contributed by atoms with van der Waals surface area (Å²) in [5, 5.41) is 16.8. The van der Waals surface area contributed by atoms with E-state index in [1.165, 1.54) is 12.3 Å². The summed E-state index contributed by atoms with van der Waals surface area (Å²) < 4.78 is 59.7. The van der Waals surface area contributed by atoms with Crippen LogP contribution in [-0.4, -0.2) is 54.8 Å². The minimum absolute atomic E-state index is 0.00275. The van der Waals surface area contributed by atoms with Gasteiger partial charge in [-0.3, -0.25) is 4.72 Å². The first-order chi connectivity index (χ1) is 17.1. The van der Waals surface area contributed by atoms with Crippen molar-refractivity contribution in [3.05, 3.63) is 47.7 Å². The molecule has 1 aliphatic rings. The molecule has 0 amide bonds. The first-order valence-electron chi connectivity index (χ1n) is 11.5. The van der Waals surface area contributed by atoms with Gasteiger partial charge in [-0.15, -0.1) is 0 Å². The molecule has 13 heteroatoms. The molecule has 0 radical (unpaired) electrons. The van der Waals surface area contributed by atoms with Gasteiger partial charge in [-0.05, 0) is 54.9 Å². The summed E-state index contributed by atoms with van der Waals surface area (Å²) in [6.45, 7) is 7.86. The van der Waals surface area contributed by atoms with Crippen molar-refractivity contribution < 1.29 is 41.4 Å². The van der Waals surface area contributed by atoms with E-state index >= 15 is 0 Å². The van der Waals surface area contributed by atoms with Crippen molar-refractivity contribution in [1.82, 2.24) is 4.98 Å². The van der Waals surface area contributed by atoms with Crippen LogP contribution in [0.25, 0.3) is 0 Å². The topological polar surface area (TPSA) is 137 Å². The number of carboxylic acids is 2. The minimum Gasteiger partial charge on any atom is -0.478 e. The molecule has 0 bridgehead atoms. The molecule has 9 nitrogen and oxygen atoms in total. The van der Waals surface area contributed by atoms with Gasteiger partial charge in [0, 0.05) is 13.1 Å². The number of alkyl halides is 3. The number of hydrogen-bond donors (Lipinski definition) is 3. The second-order valence-corrected chi connectivity index (χ2v) is 10.9. The van der Waals surface area contributed by atoms with Gasteiger partial charge in [0.2, 0.25) is 0 Å². The Bertz CT molecular complexity index is 1190. The number of aliphatic carboxylic acids is 1. The van der Waals surface area contributed by atoms with Gasteiger partial charge < -0.3 is 15.1 Å². The largest absolute Gasteiger partial charge is 0.490 e. The van der Waals surface area contributed by atoms with E-state index in [2.05, 4.69) is 30.5 Å². The standard InChI is InChI=1S/C22H29N3O4S.C2HF3O2/c1-15(2)12-17-4-6-19(7-5-17)30(28,29)24-18-13-20(22(26)27)21(23-14-18)25-10-8-16(3)9-11-25;3-2(4,5)1(6)7/h4-7,13-16,24H,8-12H2,1-3H3,(H,26,27);(H,6,7). The van der Waals surface area contributed by atoms with E-state index < -0.39 is 28.1 Å². The lowest BCUT2D eigenvalue weighted by Gasteiger charge is -2.32. The van der Waals surface area contributed by atoms with Gasteiger partial charge in [0.15, 0.2) is 0 Å². The van der Waals surface area contributed by atoms with Crippen LogP contribution in [0.4, 0.5) is 24.7 Å². The molecule has 3 rings (SSSR count). The number of hydrogen-bond acceptors (Lipinski definition) is 6. The molecule has 2 heterocycles. The molecule has 1 aromatic heterocycles. The highest BCUT2D eigenvalue weighted by Crippen LogP contribution is 2.27. The number of aromatic nitrogens is 1. The number of pyridine rings is 1. The van der Waals surface area contributed by atoms with E-state index in [0.717, 1.165) is 37.9 Å². The number of halogens is 3. The lowest BCUT2D eigenvalue weighted by molar-refractivity contribution is -0.192. The molecule has 0 spiro atoms. The van der Waals surface area contributed by atoms with Gasteiger partial charge >= 0.3 is 18.1 Å². The van der Waals surface area contributed by atoms with Crippen LogP contribution in [0.2, 0.25) is 0 Å². The molecule has 0 saturated carbocycles. The van der Waals surface area contributed by atoms with Gasteiger partial charge in [-0.1, -0.05) is 32.9 Å². The van der Waals surface area contributed by atoms with Crippen molar-refractivity contribution in [2.45, 2.75) is 51.1 Å². The van der Waals surface area contributed by atoms with Crippen LogP contribution in [0.5, 0.6) is 0 Å². The van der Waals surface area contributed by atoms with Crippen molar-refractivity contribution in [3.63, 3.8) is 0 Å². The van der Waals surface area contributed by atoms with Crippen molar-refractivity contribution in [3.8, 4) is 0 Å². The van der Waals surface area contributed by atoms with Crippen LogP contribution in [0.15, 0.2) is 41.4 Å². The van der Waals surface area contributed by atoms with Gasteiger partial charge in [0.05, 0.1) is 16.8 Å². The number of rotatable bonds is 7. The third kappa shape index (κ3) is 8.92. The highest BCUT2D eigenvalue weighted by molar-refractivity contribution is 7.92. The van der Waals surface area contributed by atoms with E-state index in [0.29, 0.717) is 17.7 Å². The lowest BCUT2D eigenvalue weighted by Crippen LogP contribution is -2.34. The molecule has 1 fully saturated rings. The monoisotopic (exact) mass is 545 g/mol. The Morgan fingerprint density at radius 1 is 1.14 bits per heavy atom. The van der Waals surface area contributed by atoms with E-state index in [4.69, 9.17) is 9.90 Å². The summed E-state index contributed by atoms with van der Waals surface area (Å²) in [5.74, 6) is -2.42. The first kappa shape index (κ1) is 29.9. The van der Waals surface area contributed by atoms with Gasteiger partial charge in [0.1, 0.15) is 11.4 Å². The maximum Gasteiger partial charge on any atom is 0.490 e. The lowest BCUT2D eigenvalue weighted by atomic mass is 9.99. The van der Waals surface area contributed by atoms with E-state index in [-0.39, 0.29) is 16.1 Å². The third-order valence-electron chi connectivity index (χ3n) is 5.55. The molecule has 0 unspecified atom stereocenters. The number of nitrogens with zero attached hydrogens (tertiary/aromatic N) is 2. The minimum atomic E-state index is -5.08. The summed E-state index contributed by atoms with van der Waals surface area (Å²) in [5.41, 5.74) is 1.20. The fourth-order valence-corrected chi connectivity index (χ4v) is 4.67. The average Bonchev–Trinajstić information content (AvgIpc) is 2.79. The third-order valence-corrected chi connectivity index (χ3v) is 6.95. The molecule has 3 N–H and O–H groups in total. The van der Waals surface area contributed by atoms with Gasteiger partial charge in [-0.2, -0.15) is 13.2 Å². The van der Waals surface area contributed by atoms with Crippen molar-refractivity contribution >= 4 is 33.5 Å². The van der Waals surface area contributed by atoms with Crippen LogP contribution in [0.3, 0.4) is 0 Å². The molecular weight excluding hydrogens is 515 g/mol. The van der Waals surface area contributed by atoms with Gasteiger partial charge in [-0.25, -0.2) is 23.0 Å². The van der Waals surface area contributed by atoms with Crippen LogP contribution in [-0.2, 0) is 21.2 Å². The number of anilines is 2. The zero-order valence-electron chi connectivity index (χ0n) is 20.6. The molecule has 1 aromatic carbocycles. The van der Waals surface area contributed by atoms with E-state index in [9.17, 15) is 31.5 Å². The first-order valence-corrected chi connectivity index (χ1v) is 13.0. The van der Waals surface area contributed by atoms with Crippen molar-refractivity contribution in [2.75, 3.05) is 22.7 Å². The number of aromatic carboxylic acids is 1. The van der Waals surface area contributed by atoms with Gasteiger partial charge in [0.25, 0.3) is 10.0 Å². The quantitative estimate of drug-likeness (QED) is 0.457. The Labute approximate surface area is 213 Å². The Morgan fingerprint density at radius 2 is 1.68 bits per heavy atom. The van der Waals surface area contributed by atoms with Crippen LogP contribution >= 0.6 is 0 Å². The molecule has 0 aliphatic carbocycles. The summed E-state index contributed by atoms with van der Waals surface area (Å²) in [4.78, 5) is 27.1. The Balaban J connectivity index is 0.000000604. The predicted octanol–water partition coefficient (Wildman–Crippen LogP) is 4.65. The molecule has 37 heavy (non-hydrogen) atoms. The Morgan fingerprint density at radius 3 is 2.14 bits per heavy atom. The fourth-order valence-electron chi connectivity index (χ4n) is 3.63. The Hall–Kier alpha value is -3.35. The maximum atomic E-state index is 12.7. The highest BCUT2D eigenvalue weighted by atomic mass is 32.2. The number of sulfonamides is 1. The number of nitrogens with one attached hydrogen (secondary N) is 1. The maximum absolute atomic E-state index is 12.7. The molecule has 1 aliphatic heterocycles. The van der Waals surface area contributed by atoms with Crippen molar-refractivity contribution in [1.29, 1.82) is 0 Å². The molecule has 204 valence electrons. The number of carbonyl (C=O) groups is 2. The zero-order valence-corrected chi connectivity index (χ0v) is 21.4. The summed E-state index contributed by atoms with van der Waals surface area (Å²) >= 11 is 0. The van der Waals surface area contributed by atoms with Crippen LogP contribution in [0, 0.1) is 11.8 Å². The van der Waals surface area contributed by atoms with Crippen molar-refractivity contribution in [2.24, 2.45) is 11.8 Å². The summed E-state index contributed by atoms with van der Waals surface area (Å²) in [6, 6.07) is 8.07. The second kappa shape index (κ2) is 12.3. The molecule has 2 aromatic rings. The molecule has 1 saturated heterocycles. The van der Waals surface area contributed by atoms with Crippen LogP contribution in [0.1, 0.15) is 49.5 Å². The number of benzene rings is 1. The molecular formula is C24H30F3N3O6S. The fraction of sp³-hybridized carbons (Fsp3) is 0.458.